The first kappa shape index (κ1) is 21.4. The molecule has 0 radical (unpaired) electrons. The average molecular weight is 410 g/mol. The van der Waals surface area contributed by atoms with E-state index in [2.05, 4.69) is 58.1 Å². The number of hydrazone groups is 1. The molecule has 2 aliphatic carbocycles. The highest BCUT2D eigenvalue weighted by Crippen LogP contribution is 2.47. The van der Waals surface area contributed by atoms with Crippen molar-refractivity contribution in [3.05, 3.63) is 29.3 Å². The van der Waals surface area contributed by atoms with Crippen molar-refractivity contribution in [3.8, 4) is 0 Å². The Morgan fingerprint density at radius 1 is 1.07 bits per heavy atom. The van der Waals surface area contributed by atoms with E-state index in [1.54, 1.807) is 0 Å². The number of urea groups is 1. The lowest BCUT2D eigenvalue weighted by atomic mass is 9.63. The van der Waals surface area contributed by atoms with Gasteiger partial charge in [-0.25, -0.2) is 9.80 Å². The first-order valence-electron chi connectivity index (χ1n) is 12.0. The minimum absolute atomic E-state index is 0.0613. The molecule has 1 aromatic rings. The Morgan fingerprint density at radius 2 is 1.73 bits per heavy atom. The molecule has 0 saturated heterocycles. The van der Waals surface area contributed by atoms with Crippen molar-refractivity contribution in [1.29, 1.82) is 0 Å². The van der Waals surface area contributed by atoms with Gasteiger partial charge >= 0.3 is 6.03 Å². The predicted molar refractivity (Wildman–Crippen MR) is 125 cm³/mol. The van der Waals surface area contributed by atoms with E-state index in [9.17, 15) is 4.79 Å². The molecule has 1 aliphatic heterocycles. The number of carbonyl (C=O) groups is 1. The van der Waals surface area contributed by atoms with E-state index in [1.807, 2.05) is 5.01 Å². The topological polar surface area (TPSA) is 44.7 Å². The van der Waals surface area contributed by atoms with Crippen molar-refractivity contribution < 1.29 is 4.79 Å². The van der Waals surface area contributed by atoms with Crippen LogP contribution in [-0.4, -0.2) is 22.8 Å². The number of rotatable bonds is 3. The lowest BCUT2D eigenvalue weighted by Gasteiger charge is -2.47. The van der Waals surface area contributed by atoms with Crippen LogP contribution in [0.1, 0.15) is 97.1 Å². The third kappa shape index (κ3) is 4.43. The molecule has 4 nitrogen and oxygen atoms in total. The number of nitrogens with zero attached hydrogens (tertiary/aromatic N) is 2. The monoisotopic (exact) mass is 409 g/mol. The van der Waals surface area contributed by atoms with Crippen molar-refractivity contribution in [3.63, 3.8) is 0 Å². The molecule has 1 aromatic carbocycles. The molecule has 0 spiro atoms. The number of nitrogens with one attached hydrogen (secondary N) is 1. The van der Waals surface area contributed by atoms with Crippen molar-refractivity contribution in [2.24, 2.45) is 21.8 Å². The number of aryl methyl sites for hydroxylation is 1. The highest BCUT2D eigenvalue weighted by molar-refractivity contribution is 6.11. The Balaban J connectivity index is 1.76. The normalized spacial score (nSPS) is 24.6. The number of hydrogen-bond donors (Lipinski definition) is 1. The van der Waals surface area contributed by atoms with Gasteiger partial charge in [-0.15, -0.1) is 0 Å². The molecular formula is C26H39N3O. The van der Waals surface area contributed by atoms with E-state index < -0.39 is 0 Å². The smallest absolute Gasteiger partial charge is 0.306 e. The summed E-state index contributed by atoms with van der Waals surface area (Å²) in [4.78, 5) is 13.4. The highest BCUT2D eigenvalue weighted by Gasteiger charge is 2.43. The van der Waals surface area contributed by atoms with E-state index >= 15 is 0 Å². The maximum absolute atomic E-state index is 13.4. The molecule has 2 fully saturated rings. The molecule has 3 aliphatic rings. The summed E-state index contributed by atoms with van der Waals surface area (Å²) < 4.78 is 0. The molecule has 164 valence electrons. The standard InChI is InChI=1S/C26H39N3O/c1-6-18-12-13-21-22(14-18)27-24(30)29(28-23(21)19-10-8-7-9-11-19)20-15-25(2,3)17-26(4,5)16-20/h12-14,19-20H,6-11,15-17H2,1-5H3,(H,27,30). The van der Waals surface area contributed by atoms with Crippen molar-refractivity contribution in [1.82, 2.24) is 5.01 Å². The zero-order valence-electron chi connectivity index (χ0n) is 19.6. The fourth-order valence-electron chi connectivity index (χ4n) is 6.41. The number of carbonyl (C=O) groups excluding carboxylic acids is 1. The van der Waals surface area contributed by atoms with E-state index in [1.165, 1.54) is 44.1 Å². The minimum atomic E-state index is -0.0613. The van der Waals surface area contributed by atoms with Gasteiger partial charge in [0.25, 0.3) is 0 Å². The van der Waals surface area contributed by atoms with Crippen LogP contribution in [0.15, 0.2) is 23.3 Å². The summed E-state index contributed by atoms with van der Waals surface area (Å²) in [7, 11) is 0. The lowest BCUT2D eigenvalue weighted by molar-refractivity contribution is 0.0432. The van der Waals surface area contributed by atoms with Gasteiger partial charge in [-0.1, -0.05) is 66.0 Å². The van der Waals surface area contributed by atoms with Gasteiger partial charge in [0, 0.05) is 11.5 Å². The molecule has 1 N–H and O–H groups in total. The van der Waals surface area contributed by atoms with Crippen LogP contribution in [0, 0.1) is 16.7 Å². The molecule has 0 atom stereocenters. The third-order valence-corrected chi connectivity index (χ3v) is 7.30. The second-order valence-corrected chi connectivity index (χ2v) is 11.4. The van der Waals surface area contributed by atoms with Gasteiger partial charge in [-0.2, -0.15) is 5.10 Å². The van der Waals surface area contributed by atoms with Crippen LogP contribution in [0.5, 0.6) is 0 Å². The minimum Gasteiger partial charge on any atom is -0.306 e. The average Bonchev–Trinajstić information content (AvgIpc) is 2.81. The number of anilines is 1. The lowest BCUT2D eigenvalue weighted by Crippen LogP contribution is -2.47. The molecule has 4 heteroatoms. The van der Waals surface area contributed by atoms with Crippen LogP contribution in [0.3, 0.4) is 0 Å². The molecule has 4 rings (SSSR count). The van der Waals surface area contributed by atoms with E-state index in [0.717, 1.165) is 36.2 Å². The van der Waals surface area contributed by atoms with Gasteiger partial charge in [0.15, 0.2) is 0 Å². The summed E-state index contributed by atoms with van der Waals surface area (Å²) in [5.41, 5.74) is 4.88. The van der Waals surface area contributed by atoms with Gasteiger partial charge < -0.3 is 5.32 Å². The molecule has 1 heterocycles. The van der Waals surface area contributed by atoms with Crippen LogP contribution in [-0.2, 0) is 6.42 Å². The molecule has 0 bridgehead atoms. The zero-order chi connectivity index (χ0) is 21.5. The maximum Gasteiger partial charge on any atom is 0.342 e. The quantitative estimate of drug-likeness (QED) is 0.574. The van der Waals surface area contributed by atoms with Crippen molar-refractivity contribution >= 4 is 17.4 Å². The summed E-state index contributed by atoms with van der Waals surface area (Å²) in [6.45, 7) is 11.5. The van der Waals surface area contributed by atoms with Gasteiger partial charge in [0.2, 0.25) is 0 Å². The highest BCUT2D eigenvalue weighted by atomic mass is 16.2. The Bertz CT molecular complexity index is 817. The molecule has 2 amide bonds. The molecule has 2 saturated carbocycles. The third-order valence-electron chi connectivity index (χ3n) is 7.30. The first-order valence-corrected chi connectivity index (χ1v) is 12.0. The summed E-state index contributed by atoms with van der Waals surface area (Å²) in [6.07, 6.45) is 10.4. The van der Waals surface area contributed by atoms with E-state index in [0.29, 0.717) is 5.92 Å². The molecule has 0 unspecified atom stereocenters. The zero-order valence-corrected chi connectivity index (χ0v) is 19.6. The van der Waals surface area contributed by atoms with Crippen LogP contribution in [0.25, 0.3) is 0 Å². The summed E-state index contributed by atoms with van der Waals surface area (Å²) in [6, 6.07) is 6.63. The predicted octanol–water partition coefficient (Wildman–Crippen LogP) is 6.99. The van der Waals surface area contributed by atoms with Crippen molar-refractivity contribution in [2.45, 2.75) is 98.4 Å². The van der Waals surface area contributed by atoms with Crippen LogP contribution < -0.4 is 5.32 Å². The summed E-state index contributed by atoms with van der Waals surface area (Å²) >= 11 is 0. The molecular weight excluding hydrogens is 370 g/mol. The van der Waals surface area contributed by atoms with Gasteiger partial charge in [0.1, 0.15) is 0 Å². The van der Waals surface area contributed by atoms with Gasteiger partial charge in [-0.3, -0.25) is 0 Å². The number of hydrogen-bond acceptors (Lipinski definition) is 2. The van der Waals surface area contributed by atoms with Crippen LogP contribution >= 0.6 is 0 Å². The van der Waals surface area contributed by atoms with E-state index in [4.69, 9.17) is 5.10 Å². The Morgan fingerprint density at radius 3 is 2.37 bits per heavy atom. The number of benzene rings is 1. The molecule has 30 heavy (non-hydrogen) atoms. The fraction of sp³-hybridized carbons (Fsp3) is 0.692. The summed E-state index contributed by atoms with van der Waals surface area (Å²) in [5, 5.41) is 10.2. The van der Waals surface area contributed by atoms with E-state index in [-0.39, 0.29) is 22.9 Å². The second kappa shape index (κ2) is 8.01. The second-order valence-electron chi connectivity index (χ2n) is 11.4. The first-order chi connectivity index (χ1) is 14.2. The van der Waals surface area contributed by atoms with Crippen molar-refractivity contribution in [2.75, 3.05) is 5.32 Å². The fourth-order valence-corrected chi connectivity index (χ4v) is 6.41. The largest absolute Gasteiger partial charge is 0.342 e. The van der Waals surface area contributed by atoms with Crippen LogP contribution in [0.4, 0.5) is 10.5 Å². The SMILES string of the molecule is CCc1ccc2c(c1)NC(=O)N(C1CC(C)(C)CC(C)(C)C1)N=C2C1CCCCC1. The Hall–Kier alpha value is -1.84. The maximum atomic E-state index is 13.4. The van der Waals surface area contributed by atoms with Gasteiger partial charge in [0.05, 0.1) is 17.4 Å². The Kier molecular flexibility index (Phi) is 5.71. The van der Waals surface area contributed by atoms with Gasteiger partial charge in [-0.05, 0) is 61.0 Å². The summed E-state index contributed by atoms with van der Waals surface area (Å²) in [5.74, 6) is 0.449. The number of fused-ring (bicyclic) bond motifs is 1. The number of amides is 2. The molecule has 0 aromatic heterocycles. The Labute approximate surface area is 182 Å². The van der Waals surface area contributed by atoms with Crippen LogP contribution in [0.2, 0.25) is 0 Å².